The molecule has 0 atom stereocenters. The van der Waals surface area contributed by atoms with Gasteiger partial charge in [-0.2, -0.15) is 0 Å². The molecule has 4 rings (SSSR count). The molecule has 27 heavy (non-hydrogen) atoms. The van der Waals surface area contributed by atoms with E-state index in [1.165, 1.54) is 0 Å². The van der Waals surface area contributed by atoms with Crippen LogP contribution in [0.3, 0.4) is 0 Å². The van der Waals surface area contributed by atoms with Gasteiger partial charge in [0.1, 0.15) is 5.52 Å². The first-order chi connectivity index (χ1) is 13.2. The first-order valence-electron chi connectivity index (χ1n) is 9.16. The zero-order valence-electron chi connectivity index (χ0n) is 15.5. The van der Waals surface area contributed by atoms with Crippen LogP contribution >= 0.6 is 0 Å². The number of benzene rings is 1. The standard InChI is InChI=1S/C21H22N6/c1-15(2)27-14-24-18-20(23-13-11-17-10-6-7-12-22-17)25-19(26-21(18)27)16-8-4-3-5-9-16/h3-10,12,14-15H,11,13H2,1-2H3,(H,23,25,26). The van der Waals surface area contributed by atoms with Gasteiger partial charge >= 0.3 is 0 Å². The Hall–Kier alpha value is -3.28. The minimum absolute atomic E-state index is 0.273. The second-order valence-electron chi connectivity index (χ2n) is 6.68. The number of hydrogen-bond donors (Lipinski definition) is 1. The normalized spacial score (nSPS) is 11.2. The molecule has 6 heteroatoms. The monoisotopic (exact) mass is 358 g/mol. The van der Waals surface area contributed by atoms with Gasteiger partial charge in [0.25, 0.3) is 0 Å². The molecule has 6 nitrogen and oxygen atoms in total. The second-order valence-corrected chi connectivity index (χ2v) is 6.68. The number of fused-ring (bicyclic) bond motifs is 1. The molecule has 0 radical (unpaired) electrons. The van der Waals surface area contributed by atoms with Crippen molar-refractivity contribution in [2.24, 2.45) is 0 Å². The van der Waals surface area contributed by atoms with Crippen molar-refractivity contribution in [3.8, 4) is 11.4 Å². The molecule has 0 aliphatic heterocycles. The molecule has 0 saturated heterocycles. The quantitative estimate of drug-likeness (QED) is 0.561. The lowest BCUT2D eigenvalue weighted by atomic mass is 10.2. The Kier molecular flexibility index (Phi) is 4.78. The number of rotatable bonds is 6. The molecular formula is C21H22N6. The summed E-state index contributed by atoms with van der Waals surface area (Å²) in [5.74, 6) is 1.46. The third-order valence-corrected chi connectivity index (χ3v) is 4.41. The maximum Gasteiger partial charge on any atom is 0.166 e. The third kappa shape index (κ3) is 3.65. The number of imidazole rings is 1. The van der Waals surface area contributed by atoms with Crippen LogP contribution in [-0.4, -0.2) is 31.0 Å². The summed E-state index contributed by atoms with van der Waals surface area (Å²) >= 11 is 0. The highest BCUT2D eigenvalue weighted by Crippen LogP contribution is 2.25. The summed E-state index contributed by atoms with van der Waals surface area (Å²) in [5, 5.41) is 3.43. The Labute approximate surface area is 158 Å². The number of aromatic nitrogens is 5. The smallest absolute Gasteiger partial charge is 0.166 e. The van der Waals surface area contributed by atoms with E-state index in [0.29, 0.717) is 5.82 Å². The van der Waals surface area contributed by atoms with E-state index in [4.69, 9.17) is 9.97 Å². The largest absolute Gasteiger partial charge is 0.368 e. The summed E-state index contributed by atoms with van der Waals surface area (Å²) in [5.41, 5.74) is 3.68. The van der Waals surface area contributed by atoms with Gasteiger partial charge in [-0.05, 0) is 26.0 Å². The van der Waals surface area contributed by atoms with Gasteiger partial charge in [0.15, 0.2) is 17.3 Å². The van der Waals surface area contributed by atoms with Crippen LogP contribution in [0.1, 0.15) is 25.6 Å². The molecule has 4 aromatic rings. The van der Waals surface area contributed by atoms with Crippen LogP contribution in [0.5, 0.6) is 0 Å². The fourth-order valence-electron chi connectivity index (χ4n) is 2.99. The van der Waals surface area contributed by atoms with E-state index in [2.05, 4.69) is 33.7 Å². The van der Waals surface area contributed by atoms with E-state index < -0.39 is 0 Å². The molecule has 0 fully saturated rings. The molecule has 1 N–H and O–H groups in total. The lowest BCUT2D eigenvalue weighted by Gasteiger charge is -2.11. The van der Waals surface area contributed by atoms with Crippen LogP contribution < -0.4 is 5.32 Å². The van der Waals surface area contributed by atoms with Crippen LogP contribution in [0, 0.1) is 0 Å². The van der Waals surface area contributed by atoms with E-state index in [1.54, 1.807) is 0 Å². The van der Waals surface area contributed by atoms with Gasteiger partial charge < -0.3 is 9.88 Å². The predicted octanol–water partition coefficient (Wildman–Crippen LogP) is 4.12. The highest BCUT2D eigenvalue weighted by Gasteiger charge is 2.15. The molecule has 3 heterocycles. The third-order valence-electron chi connectivity index (χ3n) is 4.41. The SMILES string of the molecule is CC(C)n1cnc2c(NCCc3ccccn3)nc(-c3ccccc3)nc21. The molecule has 0 amide bonds. The van der Waals surface area contributed by atoms with Gasteiger partial charge in [-0.15, -0.1) is 0 Å². The van der Waals surface area contributed by atoms with Crippen molar-refractivity contribution < 1.29 is 0 Å². The molecule has 136 valence electrons. The maximum atomic E-state index is 4.79. The van der Waals surface area contributed by atoms with Crippen LogP contribution in [0.15, 0.2) is 61.1 Å². The molecule has 0 spiro atoms. The lowest BCUT2D eigenvalue weighted by molar-refractivity contribution is 0.613. The zero-order valence-corrected chi connectivity index (χ0v) is 15.5. The van der Waals surface area contributed by atoms with Crippen molar-refractivity contribution in [3.05, 3.63) is 66.7 Å². The van der Waals surface area contributed by atoms with Crippen LogP contribution in [0.2, 0.25) is 0 Å². The summed E-state index contributed by atoms with van der Waals surface area (Å²) in [6, 6.07) is 16.3. The summed E-state index contributed by atoms with van der Waals surface area (Å²) < 4.78 is 2.08. The fourth-order valence-corrected chi connectivity index (χ4v) is 2.99. The van der Waals surface area contributed by atoms with Crippen LogP contribution in [-0.2, 0) is 6.42 Å². The molecule has 0 aliphatic carbocycles. The van der Waals surface area contributed by atoms with Crippen molar-refractivity contribution in [3.63, 3.8) is 0 Å². The molecule has 3 aromatic heterocycles. The number of nitrogens with one attached hydrogen (secondary N) is 1. The van der Waals surface area contributed by atoms with Crippen molar-refractivity contribution >= 4 is 17.0 Å². The average Bonchev–Trinajstić information content (AvgIpc) is 3.14. The molecular weight excluding hydrogens is 336 g/mol. The molecule has 0 bridgehead atoms. The Bertz CT molecular complexity index is 1020. The maximum absolute atomic E-state index is 4.79. The van der Waals surface area contributed by atoms with Gasteiger partial charge in [-0.3, -0.25) is 4.98 Å². The van der Waals surface area contributed by atoms with E-state index in [1.807, 2.05) is 61.1 Å². The zero-order chi connectivity index (χ0) is 18.6. The van der Waals surface area contributed by atoms with Crippen molar-refractivity contribution in [2.45, 2.75) is 26.3 Å². The van der Waals surface area contributed by atoms with Crippen molar-refractivity contribution in [1.29, 1.82) is 0 Å². The van der Waals surface area contributed by atoms with E-state index in [-0.39, 0.29) is 6.04 Å². The number of nitrogens with zero attached hydrogens (tertiary/aromatic N) is 5. The summed E-state index contributed by atoms with van der Waals surface area (Å²) in [4.78, 5) is 18.5. The Morgan fingerprint density at radius 2 is 1.78 bits per heavy atom. The van der Waals surface area contributed by atoms with Crippen LogP contribution in [0.4, 0.5) is 5.82 Å². The van der Waals surface area contributed by atoms with Gasteiger partial charge in [0.2, 0.25) is 0 Å². The Balaban J connectivity index is 1.69. The minimum Gasteiger partial charge on any atom is -0.368 e. The highest BCUT2D eigenvalue weighted by atomic mass is 15.2. The van der Waals surface area contributed by atoms with Gasteiger partial charge in [0.05, 0.1) is 6.33 Å². The molecule has 1 aromatic carbocycles. The van der Waals surface area contributed by atoms with Crippen LogP contribution in [0.25, 0.3) is 22.6 Å². The summed E-state index contributed by atoms with van der Waals surface area (Å²) in [6.45, 7) is 4.98. The predicted molar refractivity (Wildman–Crippen MR) is 108 cm³/mol. The summed E-state index contributed by atoms with van der Waals surface area (Å²) in [6.07, 6.45) is 4.47. The first-order valence-corrected chi connectivity index (χ1v) is 9.16. The van der Waals surface area contributed by atoms with Gasteiger partial charge in [0, 0.05) is 36.5 Å². The van der Waals surface area contributed by atoms with E-state index in [9.17, 15) is 0 Å². The van der Waals surface area contributed by atoms with Crippen molar-refractivity contribution in [1.82, 2.24) is 24.5 Å². The molecule has 0 aliphatic rings. The second kappa shape index (κ2) is 7.53. The van der Waals surface area contributed by atoms with E-state index in [0.717, 1.165) is 41.2 Å². The average molecular weight is 358 g/mol. The van der Waals surface area contributed by atoms with Gasteiger partial charge in [-0.25, -0.2) is 15.0 Å². The molecule has 0 unspecified atom stereocenters. The Morgan fingerprint density at radius 3 is 2.52 bits per heavy atom. The first kappa shape index (κ1) is 17.1. The molecule has 0 saturated carbocycles. The number of pyridine rings is 1. The minimum atomic E-state index is 0.273. The van der Waals surface area contributed by atoms with Crippen molar-refractivity contribution in [2.75, 3.05) is 11.9 Å². The lowest BCUT2D eigenvalue weighted by Crippen LogP contribution is -2.09. The van der Waals surface area contributed by atoms with Gasteiger partial charge in [-0.1, -0.05) is 36.4 Å². The summed E-state index contributed by atoms with van der Waals surface area (Å²) in [7, 11) is 0. The topological polar surface area (TPSA) is 68.5 Å². The highest BCUT2D eigenvalue weighted by molar-refractivity contribution is 5.85. The fraction of sp³-hybridized carbons (Fsp3) is 0.238. The number of anilines is 1. The number of hydrogen-bond acceptors (Lipinski definition) is 5. The Morgan fingerprint density at radius 1 is 0.963 bits per heavy atom. The van der Waals surface area contributed by atoms with E-state index >= 15 is 0 Å².